The molecule has 4 nitrogen and oxygen atoms in total. The molecule has 0 aliphatic heterocycles. The molecule has 0 heterocycles. The molecule has 0 rings (SSSR count). The SMILES string of the molecule is C=CC(C/C=C/C(=O)NOC)O[Si](C)(C)C(C)(C)C. The van der Waals surface area contributed by atoms with Crippen molar-refractivity contribution in [3.63, 3.8) is 0 Å². The van der Waals surface area contributed by atoms with Crippen molar-refractivity contribution in [2.45, 2.75) is 51.4 Å². The molecule has 0 aromatic carbocycles. The van der Waals surface area contributed by atoms with Crippen LogP contribution in [0.2, 0.25) is 18.1 Å². The van der Waals surface area contributed by atoms with E-state index in [1.807, 2.05) is 0 Å². The smallest absolute Gasteiger partial charge is 0.267 e. The number of hydrogen-bond donors (Lipinski definition) is 1. The molecule has 0 saturated heterocycles. The highest BCUT2D eigenvalue weighted by molar-refractivity contribution is 6.74. The average molecular weight is 285 g/mol. The van der Waals surface area contributed by atoms with Crippen LogP contribution in [0.1, 0.15) is 27.2 Å². The maximum Gasteiger partial charge on any atom is 0.267 e. The van der Waals surface area contributed by atoms with Gasteiger partial charge in [0.1, 0.15) is 0 Å². The van der Waals surface area contributed by atoms with Crippen LogP contribution < -0.4 is 5.48 Å². The first kappa shape index (κ1) is 18.1. The maximum atomic E-state index is 11.2. The fourth-order valence-electron chi connectivity index (χ4n) is 1.19. The van der Waals surface area contributed by atoms with E-state index in [-0.39, 0.29) is 17.0 Å². The summed E-state index contributed by atoms with van der Waals surface area (Å²) in [7, 11) is -0.410. The van der Waals surface area contributed by atoms with Crippen molar-refractivity contribution < 1.29 is 14.1 Å². The second-order valence-electron chi connectivity index (χ2n) is 5.96. The van der Waals surface area contributed by atoms with Gasteiger partial charge in [-0.3, -0.25) is 9.63 Å². The molecule has 0 aliphatic carbocycles. The van der Waals surface area contributed by atoms with Crippen LogP contribution in [0.15, 0.2) is 24.8 Å². The van der Waals surface area contributed by atoms with Crippen molar-refractivity contribution in [1.29, 1.82) is 0 Å². The molecule has 1 N–H and O–H groups in total. The monoisotopic (exact) mass is 285 g/mol. The summed E-state index contributed by atoms with van der Waals surface area (Å²) in [5.74, 6) is -0.280. The summed E-state index contributed by atoms with van der Waals surface area (Å²) in [6, 6.07) is 0. The lowest BCUT2D eigenvalue weighted by Gasteiger charge is -2.38. The van der Waals surface area contributed by atoms with E-state index in [2.05, 4.69) is 50.8 Å². The van der Waals surface area contributed by atoms with Crippen molar-refractivity contribution in [1.82, 2.24) is 5.48 Å². The lowest BCUT2D eigenvalue weighted by Crippen LogP contribution is -2.43. The zero-order valence-electron chi connectivity index (χ0n) is 12.9. The minimum atomic E-state index is -1.81. The van der Waals surface area contributed by atoms with Gasteiger partial charge in [0.15, 0.2) is 8.32 Å². The van der Waals surface area contributed by atoms with Gasteiger partial charge < -0.3 is 4.43 Å². The number of amides is 1. The van der Waals surface area contributed by atoms with Crippen LogP contribution in [0.4, 0.5) is 0 Å². The molecule has 19 heavy (non-hydrogen) atoms. The second-order valence-corrected chi connectivity index (χ2v) is 10.7. The first-order valence-corrected chi connectivity index (χ1v) is 9.34. The summed E-state index contributed by atoms with van der Waals surface area (Å²) < 4.78 is 6.20. The Hall–Kier alpha value is -0.913. The Bertz CT molecular complexity index is 332. The Kier molecular flexibility index (Phi) is 7.26. The molecule has 0 aliphatic rings. The molecule has 0 fully saturated rings. The van der Waals surface area contributed by atoms with Gasteiger partial charge in [-0.1, -0.05) is 32.9 Å². The van der Waals surface area contributed by atoms with E-state index in [0.717, 1.165) is 0 Å². The lowest BCUT2D eigenvalue weighted by atomic mass is 10.2. The van der Waals surface area contributed by atoms with Gasteiger partial charge >= 0.3 is 0 Å². The third-order valence-electron chi connectivity index (χ3n) is 3.36. The molecule has 1 atom stereocenters. The molecule has 5 heteroatoms. The third kappa shape index (κ3) is 6.70. The molecule has 1 amide bonds. The van der Waals surface area contributed by atoms with Gasteiger partial charge in [0.05, 0.1) is 13.2 Å². The van der Waals surface area contributed by atoms with Crippen molar-refractivity contribution in [2.24, 2.45) is 0 Å². The Balaban J connectivity index is 4.46. The second kappa shape index (κ2) is 7.62. The topological polar surface area (TPSA) is 47.6 Å². The number of carbonyl (C=O) groups excluding carboxylic acids is 1. The highest BCUT2D eigenvalue weighted by Gasteiger charge is 2.38. The first-order valence-electron chi connectivity index (χ1n) is 6.44. The van der Waals surface area contributed by atoms with Crippen LogP contribution >= 0.6 is 0 Å². The fraction of sp³-hybridized carbons (Fsp3) is 0.643. The van der Waals surface area contributed by atoms with Gasteiger partial charge in [0.2, 0.25) is 0 Å². The van der Waals surface area contributed by atoms with Crippen molar-refractivity contribution in [2.75, 3.05) is 7.11 Å². The van der Waals surface area contributed by atoms with Crippen LogP contribution in [0, 0.1) is 0 Å². The van der Waals surface area contributed by atoms with E-state index in [1.165, 1.54) is 13.2 Å². The largest absolute Gasteiger partial charge is 0.410 e. The number of rotatable bonds is 7. The number of nitrogens with one attached hydrogen (secondary N) is 1. The van der Waals surface area contributed by atoms with E-state index >= 15 is 0 Å². The summed E-state index contributed by atoms with van der Waals surface area (Å²) in [6.07, 6.45) is 5.57. The van der Waals surface area contributed by atoms with Crippen LogP contribution in [-0.4, -0.2) is 27.4 Å². The molecule has 0 aromatic heterocycles. The van der Waals surface area contributed by atoms with Gasteiger partial charge in [-0.15, -0.1) is 6.58 Å². The zero-order valence-corrected chi connectivity index (χ0v) is 13.9. The standard InChI is InChI=1S/C14H27NO3Si/c1-8-12(10-9-11-13(16)15-17-5)18-19(6,7)14(2,3)4/h8-9,11-12H,1,10H2,2-7H3,(H,15,16)/b11-9+. The molecular formula is C14H27NO3Si. The minimum Gasteiger partial charge on any atom is -0.410 e. The van der Waals surface area contributed by atoms with Crippen LogP contribution in [-0.2, 0) is 14.1 Å². The molecular weight excluding hydrogens is 258 g/mol. The number of carbonyl (C=O) groups is 1. The van der Waals surface area contributed by atoms with Gasteiger partial charge in [-0.25, -0.2) is 5.48 Å². The van der Waals surface area contributed by atoms with Gasteiger partial charge in [-0.2, -0.15) is 0 Å². The first-order chi connectivity index (χ1) is 8.64. The number of hydroxylamine groups is 1. The summed E-state index contributed by atoms with van der Waals surface area (Å²) >= 11 is 0. The summed E-state index contributed by atoms with van der Waals surface area (Å²) in [4.78, 5) is 15.7. The normalized spacial score (nSPS) is 14.4. The molecule has 110 valence electrons. The van der Waals surface area contributed by atoms with Crippen LogP contribution in [0.5, 0.6) is 0 Å². The molecule has 0 spiro atoms. The van der Waals surface area contributed by atoms with E-state index in [9.17, 15) is 4.79 Å². The quantitative estimate of drug-likeness (QED) is 0.338. The minimum absolute atomic E-state index is 0.0625. The Morgan fingerprint density at radius 1 is 1.42 bits per heavy atom. The van der Waals surface area contributed by atoms with Gasteiger partial charge in [-0.05, 0) is 24.6 Å². The van der Waals surface area contributed by atoms with Crippen molar-refractivity contribution >= 4 is 14.2 Å². The third-order valence-corrected chi connectivity index (χ3v) is 7.86. The lowest BCUT2D eigenvalue weighted by molar-refractivity contribution is -0.126. The molecule has 0 bridgehead atoms. The van der Waals surface area contributed by atoms with Gasteiger partial charge in [0, 0.05) is 6.08 Å². The predicted octanol–water partition coefficient (Wildman–Crippen LogP) is 3.19. The van der Waals surface area contributed by atoms with E-state index < -0.39 is 8.32 Å². The van der Waals surface area contributed by atoms with Gasteiger partial charge in [0.25, 0.3) is 5.91 Å². The highest BCUT2D eigenvalue weighted by Crippen LogP contribution is 2.37. The van der Waals surface area contributed by atoms with E-state index in [1.54, 1.807) is 12.2 Å². The molecule has 0 saturated carbocycles. The van der Waals surface area contributed by atoms with Crippen LogP contribution in [0.25, 0.3) is 0 Å². The highest BCUT2D eigenvalue weighted by atomic mass is 28.4. The molecule has 0 aromatic rings. The summed E-state index contributed by atoms with van der Waals surface area (Å²) in [5, 5.41) is 0.158. The van der Waals surface area contributed by atoms with E-state index in [4.69, 9.17) is 4.43 Å². The Morgan fingerprint density at radius 3 is 2.42 bits per heavy atom. The molecule has 0 radical (unpaired) electrons. The van der Waals surface area contributed by atoms with E-state index in [0.29, 0.717) is 6.42 Å². The average Bonchev–Trinajstić information content (AvgIpc) is 2.26. The predicted molar refractivity (Wildman–Crippen MR) is 81.2 cm³/mol. The Labute approximate surface area is 118 Å². The maximum absolute atomic E-state index is 11.2. The summed E-state index contributed by atoms with van der Waals surface area (Å²) in [6.45, 7) is 14.8. The number of hydrogen-bond acceptors (Lipinski definition) is 3. The zero-order chi connectivity index (χ0) is 15.1. The Morgan fingerprint density at radius 2 is 2.00 bits per heavy atom. The molecule has 1 unspecified atom stereocenters. The van der Waals surface area contributed by atoms with Crippen LogP contribution in [0.3, 0.4) is 0 Å². The van der Waals surface area contributed by atoms with Crippen molar-refractivity contribution in [3.05, 3.63) is 24.8 Å². The van der Waals surface area contributed by atoms with Crippen molar-refractivity contribution in [3.8, 4) is 0 Å². The summed E-state index contributed by atoms with van der Waals surface area (Å²) in [5.41, 5.74) is 2.23. The fourth-order valence-corrected chi connectivity index (χ4v) is 2.49.